The number of morpholine rings is 1. The van der Waals surface area contributed by atoms with Crippen molar-refractivity contribution >= 4 is 15.7 Å². The molecule has 0 unspecified atom stereocenters. The van der Waals surface area contributed by atoms with Crippen molar-refractivity contribution in [3.05, 3.63) is 23.3 Å². The largest absolute Gasteiger partial charge is 0.397 e. The van der Waals surface area contributed by atoms with Crippen LogP contribution in [0.25, 0.3) is 0 Å². The van der Waals surface area contributed by atoms with Crippen molar-refractivity contribution in [3.8, 4) is 0 Å². The van der Waals surface area contributed by atoms with E-state index in [9.17, 15) is 8.42 Å². The zero-order valence-electron chi connectivity index (χ0n) is 10.6. The zero-order chi connectivity index (χ0) is 13.3. The van der Waals surface area contributed by atoms with E-state index in [1.807, 2.05) is 13.0 Å². The van der Waals surface area contributed by atoms with Crippen LogP contribution in [0.4, 0.5) is 5.69 Å². The fourth-order valence-electron chi connectivity index (χ4n) is 2.07. The molecule has 0 amide bonds. The van der Waals surface area contributed by atoms with Gasteiger partial charge in [0.1, 0.15) is 4.90 Å². The highest BCUT2D eigenvalue weighted by atomic mass is 32.2. The first-order valence-electron chi connectivity index (χ1n) is 5.88. The van der Waals surface area contributed by atoms with Crippen LogP contribution in [0.2, 0.25) is 0 Å². The molecule has 0 radical (unpaired) electrons. The van der Waals surface area contributed by atoms with Gasteiger partial charge in [0.25, 0.3) is 0 Å². The average molecular weight is 270 g/mol. The Kier molecular flexibility index (Phi) is 3.61. The molecule has 0 atom stereocenters. The van der Waals surface area contributed by atoms with Gasteiger partial charge in [-0.1, -0.05) is 12.1 Å². The van der Waals surface area contributed by atoms with Crippen LogP contribution in [0.5, 0.6) is 0 Å². The predicted octanol–water partition coefficient (Wildman–Crippen LogP) is 0.907. The Morgan fingerprint density at radius 2 is 1.72 bits per heavy atom. The standard InChI is InChI=1S/C12H18N2O3S/c1-9-3-4-10(2)12(11(9)13)18(15,16)14-5-7-17-8-6-14/h3-4H,5-8,13H2,1-2H3. The lowest BCUT2D eigenvalue weighted by atomic mass is 10.1. The van der Waals surface area contributed by atoms with E-state index in [1.165, 1.54) is 4.31 Å². The number of hydrogen-bond donors (Lipinski definition) is 1. The predicted molar refractivity (Wildman–Crippen MR) is 69.9 cm³/mol. The zero-order valence-corrected chi connectivity index (χ0v) is 11.5. The molecule has 1 aliphatic rings. The van der Waals surface area contributed by atoms with Gasteiger partial charge in [-0.05, 0) is 25.0 Å². The minimum absolute atomic E-state index is 0.240. The first-order chi connectivity index (χ1) is 8.44. The van der Waals surface area contributed by atoms with Crippen LogP contribution in [0.1, 0.15) is 11.1 Å². The molecule has 6 heteroatoms. The maximum atomic E-state index is 12.6. The van der Waals surface area contributed by atoms with E-state index < -0.39 is 10.0 Å². The van der Waals surface area contributed by atoms with Crippen molar-refractivity contribution in [2.45, 2.75) is 18.7 Å². The first kappa shape index (κ1) is 13.3. The van der Waals surface area contributed by atoms with Crippen molar-refractivity contribution in [2.24, 2.45) is 0 Å². The SMILES string of the molecule is Cc1ccc(C)c(S(=O)(=O)N2CCOCC2)c1N. The molecular weight excluding hydrogens is 252 g/mol. The summed E-state index contributed by atoms with van der Waals surface area (Å²) in [7, 11) is -3.52. The van der Waals surface area contributed by atoms with Crippen LogP contribution in [-0.2, 0) is 14.8 Å². The summed E-state index contributed by atoms with van der Waals surface area (Å²) in [6.45, 7) is 5.22. The van der Waals surface area contributed by atoms with Crippen molar-refractivity contribution in [1.29, 1.82) is 0 Å². The first-order valence-corrected chi connectivity index (χ1v) is 7.32. The summed E-state index contributed by atoms with van der Waals surface area (Å²) in [5.41, 5.74) is 7.76. The number of ether oxygens (including phenoxy) is 1. The van der Waals surface area contributed by atoms with E-state index in [2.05, 4.69) is 0 Å². The summed E-state index contributed by atoms with van der Waals surface area (Å²) >= 11 is 0. The topological polar surface area (TPSA) is 72.6 Å². The van der Waals surface area contributed by atoms with Crippen molar-refractivity contribution in [2.75, 3.05) is 32.0 Å². The molecule has 1 fully saturated rings. The molecule has 1 aliphatic heterocycles. The van der Waals surface area contributed by atoms with Gasteiger partial charge in [-0.25, -0.2) is 8.42 Å². The number of anilines is 1. The Balaban J connectivity index is 2.50. The van der Waals surface area contributed by atoms with E-state index in [1.54, 1.807) is 13.0 Å². The van der Waals surface area contributed by atoms with Gasteiger partial charge in [-0.15, -0.1) is 0 Å². The van der Waals surface area contributed by atoms with Gasteiger partial charge in [-0.3, -0.25) is 0 Å². The molecule has 1 saturated heterocycles. The Labute approximate surface area is 108 Å². The second-order valence-electron chi connectivity index (χ2n) is 4.46. The highest BCUT2D eigenvalue weighted by molar-refractivity contribution is 7.89. The number of sulfonamides is 1. The van der Waals surface area contributed by atoms with Crippen LogP contribution in [0, 0.1) is 13.8 Å². The Bertz CT molecular complexity index is 549. The Morgan fingerprint density at radius 1 is 1.17 bits per heavy atom. The highest BCUT2D eigenvalue weighted by Gasteiger charge is 2.29. The molecule has 5 nitrogen and oxygen atoms in total. The van der Waals surface area contributed by atoms with E-state index in [0.29, 0.717) is 37.6 Å². The smallest absolute Gasteiger partial charge is 0.245 e. The molecule has 1 aromatic rings. The van der Waals surface area contributed by atoms with Gasteiger partial charge < -0.3 is 10.5 Å². The van der Waals surface area contributed by atoms with Crippen molar-refractivity contribution < 1.29 is 13.2 Å². The van der Waals surface area contributed by atoms with Crippen molar-refractivity contribution in [3.63, 3.8) is 0 Å². The quantitative estimate of drug-likeness (QED) is 0.811. The summed E-state index contributed by atoms with van der Waals surface area (Å²) in [6, 6.07) is 3.63. The molecule has 0 aromatic heterocycles. The van der Waals surface area contributed by atoms with Gasteiger partial charge in [0, 0.05) is 13.1 Å². The van der Waals surface area contributed by atoms with E-state index in [4.69, 9.17) is 10.5 Å². The van der Waals surface area contributed by atoms with Crippen molar-refractivity contribution in [1.82, 2.24) is 4.31 Å². The maximum absolute atomic E-state index is 12.6. The van der Waals surface area contributed by atoms with Gasteiger partial charge in [0.05, 0.1) is 18.9 Å². The van der Waals surface area contributed by atoms with Gasteiger partial charge in [-0.2, -0.15) is 4.31 Å². The van der Waals surface area contributed by atoms with E-state index >= 15 is 0 Å². The summed E-state index contributed by atoms with van der Waals surface area (Å²) in [6.07, 6.45) is 0. The maximum Gasteiger partial charge on any atom is 0.245 e. The number of benzene rings is 1. The average Bonchev–Trinajstić information content (AvgIpc) is 2.35. The number of nitrogens with zero attached hydrogens (tertiary/aromatic N) is 1. The van der Waals surface area contributed by atoms with E-state index in [0.717, 1.165) is 5.56 Å². The molecule has 1 heterocycles. The fraction of sp³-hybridized carbons (Fsp3) is 0.500. The minimum Gasteiger partial charge on any atom is -0.397 e. The molecule has 2 N–H and O–H groups in total. The lowest BCUT2D eigenvalue weighted by Gasteiger charge is -2.27. The van der Waals surface area contributed by atoms with Crippen LogP contribution >= 0.6 is 0 Å². The van der Waals surface area contributed by atoms with Gasteiger partial charge in [0.2, 0.25) is 10.0 Å². The third-order valence-electron chi connectivity index (χ3n) is 3.18. The second kappa shape index (κ2) is 4.87. The van der Waals surface area contributed by atoms with Gasteiger partial charge >= 0.3 is 0 Å². The summed E-state index contributed by atoms with van der Waals surface area (Å²) in [5, 5.41) is 0. The van der Waals surface area contributed by atoms with Gasteiger partial charge in [0.15, 0.2) is 0 Å². The Hall–Kier alpha value is -1.11. The number of aryl methyl sites for hydroxylation is 2. The fourth-order valence-corrected chi connectivity index (χ4v) is 3.87. The third kappa shape index (κ3) is 2.23. The van der Waals surface area contributed by atoms with Crippen LogP contribution in [-0.4, -0.2) is 39.0 Å². The number of hydrogen-bond acceptors (Lipinski definition) is 4. The van der Waals surface area contributed by atoms with Crippen LogP contribution in [0.3, 0.4) is 0 Å². The molecule has 0 spiro atoms. The minimum atomic E-state index is -3.52. The molecule has 2 rings (SSSR count). The van der Waals surface area contributed by atoms with E-state index in [-0.39, 0.29) is 4.90 Å². The molecule has 0 bridgehead atoms. The summed E-state index contributed by atoms with van der Waals surface area (Å²) in [5.74, 6) is 0. The second-order valence-corrected chi connectivity index (χ2v) is 6.33. The molecule has 0 aliphatic carbocycles. The lowest BCUT2D eigenvalue weighted by Crippen LogP contribution is -2.41. The van der Waals surface area contributed by atoms with Crippen LogP contribution in [0.15, 0.2) is 17.0 Å². The number of nitrogen functional groups attached to an aromatic ring is 1. The monoisotopic (exact) mass is 270 g/mol. The molecule has 100 valence electrons. The van der Waals surface area contributed by atoms with Crippen LogP contribution < -0.4 is 5.73 Å². The molecule has 0 saturated carbocycles. The Morgan fingerprint density at radius 3 is 2.33 bits per heavy atom. The number of rotatable bonds is 2. The summed E-state index contributed by atoms with van der Waals surface area (Å²) < 4.78 is 31.8. The normalized spacial score (nSPS) is 17.9. The molecule has 18 heavy (non-hydrogen) atoms. The third-order valence-corrected chi connectivity index (χ3v) is 5.28. The molecular formula is C12H18N2O3S. The highest BCUT2D eigenvalue weighted by Crippen LogP contribution is 2.29. The number of nitrogens with two attached hydrogens (primary N) is 1. The lowest BCUT2D eigenvalue weighted by molar-refractivity contribution is 0.0730. The molecule has 1 aromatic carbocycles. The summed E-state index contributed by atoms with van der Waals surface area (Å²) in [4.78, 5) is 0.240.